The number of ether oxygens (including phenoxy) is 2. The number of carbonyl (C=O) groups is 2. The van der Waals surface area contributed by atoms with E-state index >= 15 is 0 Å². The van der Waals surface area contributed by atoms with Gasteiger partial charge in [-0.1, -0.05) is 72.8 Å². The second kappa shape index (κ2) is 10.2. The van der Waals surface area contributed by atoms with Crippen LogP contribution in [0, 0.1) is 0 Å². The number of anilines is 2. The van der Waals surface area contributed by atoms with Crippen molar-refractivity contribution >= 4 is 45.9 Å². The van der Waals surface area contributed by atoms with Gasteiger partial charge in [0.1, 0.15) is 12.2 Å². The molecular formula is C33H31ClN2O4. The van der Waals surface area contributed by atoms with Gasteiger partial charge in [0.25, 0.3) is 0 Å². The Morgan fingerprint density at radius 2 is 1.52 bits per heavy atom. The van der Waals surface area contributed by atoms with E-state index in [0.29, 0.717) is 23.8 Å². The average molecular weight is 555 g/mol. The Bertz CT molecular complexity index is 1580. The predicted molar refractivity (Wildman–Crippen MR) is 160 cm³/mol. The fourth-order valence-corrected chi connectivity index (χ4v) is 6.16. The van der Waals surface area contributed by atoms with E-state index in [2.05, 4.69) is 29.6 Å². The Balaban J connectivity index is 1.29. The van der Waals surface area contributed by atoms with E-state index in [1.54, 1.807) is 4.90 Å². The molecule has 1 atom stereocenters. The van der Waals surface area contributed by atoms with E-state index in [1.165, 1.54) is 11.1 Å². The van der Waals surface area contributed by atoms with E-state index in [0.717, 1.165) is 27.5 Å². The van der Waals surface area contributed by atoms with Crippen molar-refractivity contribution in [2.45, 2.75) is 38.2 Å². The van der Waals surface area contributed by atoms with Gasteiger partial charge >= 0.3 is 12.2 Å². The Kier molecular flexibility index (Phi) is 6.67. The number of alkyl halides is 1. The maximum atomic E-state index is 13.2. The van der Waals surface area contributed by atoms with Crippen LogP contribution in [0.3, 0.4) is 0 Å². The summed E-state index contributed by atoms with van der Waals surface area (Å²) in [7, 11) is 0. The van der Waals surface area contributed by atoms with Crippen LogP contribution < -0.4 is 10.2 Å². The molecule has 7 heteroatoms. The van der Waals surface area contributed by atoms with Crippen molar-refractivity contribution in [2.24, 2.45) is 0 Å². The smallest absolute Gasteiger partial charge is 0.414 e. The second-order valence-corrected chi connectivity index (χ2v) is 11.6. The van der Waals surface area contributed by atoms with Crippen molar-refractivity contribution < 1.29 is 19.1 Å². The van der Waals surface area contributed by atoms with Crippen LogP contribution in [0.15, 0.2) is 78.9 Å². The summed E-state index contributed by atoms with van der Waals surface area (Å²) in [5, 5.41) is 4.75. The molecule has 4 aromatic carbocycles. The molecule has 1 aliphatic carbocycles. The summed E-state index contributed by atoms with van der Waals surface area (Å²) in [6.07, 6.45) is -0.994. The van der Waals surface area contributed by atoms with Gasteiger partial charge in [-0.25, -0.2) is 9.59 Å². The molecule has 0 fully saturated rings. The fourth-order valence-electron chi connectivity index (χ4n) is 5.91. The van der Waals surface area contributed by atoms with Crippen molar-refractivity contribution in [2.75, 3.05) is 29.2 Å². The average Bonchev–Trinajstić information content (AvgIpc) is 3.47. The molecule has 1 heterocycles. The number of rotatable bonds is 4. The van der Waals surface area contributed by atoms with E-state index in [4.69, 9.17) is 21.1 Å². The number of nitrogens with one attached hydrogen (secondary N) is 1. The van der Waals surface area contributed by atoms with Crippen molar-refractivity contribution in [3.8, 4) is 11.1 Å². The maximum Gasteiger partial charge on any atom is 0.414 e. The van der Waals surface area contributed by atoms with Crippen LogP contribution >= 0.6 is 11.6 Å². The Hall–Kier alpha value is -4.03. The lowest BCUT2D eigenvalue weighted by Gasteiger charge is -2.25. The highest BCUT2D eigenvalue weighted by molar-refractivity contribution is 6.19. The maximum absolute atomic E-state index is 13.2. The van der Waals surface area contributed by atoms with Crippen LogP contribution in [0.2, 0.25) is 0 Å². The molecular weight excluding hydrogens is 524 g/mol. The molecule has 0 aromatic heterocycles. The van der Waals surface area contributed by atoms with Gasteiger partial charge < -0.3 is 9.47 Å². The highest BCUT2D eigenvalue weighted by atomic mass is 35.5. The molecule has 0 spiro atoms. The first-order valence-electron chi connectivity index (χ1n) is 13.5. The minimum absolute atomic E-state index is 0.0398. The van der Waals surface area contributed by atoms with Crippen molar-refractivity contribution in [1.29, 1.82) is 0 Å². The van der Waals surface area contributed by atoms with Crippen molar-refractivity contribution in [1.82, 2.24) is 0 Å². The van der Waals surface area contributed by atoms with Crippen LogP contribution in [0.25, 0.3) is 21.9 Å². The van der Waals surface area contributed by atoms with Crippen molar-refractivity contribution in [3.63, 3.8) is 0 Å². The number of nitrogens with zero attached hydrogens (tertiary/aromatic N) is 1. The summed E-state index contributed by atoms with van der Waals surface area (Å²) in [5.41, 5.74) is 6.24. The molecule has 1 aliphatic heterocycles. The van der Waals surface area contributed by atoms with Gasteiger partial charge in [-0.05, 0) is 60.0 Å². The van der Waals surface area contributed by atoms with Crippen molar-refractivity contribution in [3.05, 3.63) is 95.6 Å². The third-order valence-corrected chi connectivity index (χ3v) is 7.92. The number of benzene rings is 4. The Morgan fingerprint density at radius 3 is 2.15 bits per heavy atom. The van der Waals surface area contributed by atoms with Gasteiger partial charge in [-0.3, -0.25) is 10.2 Å². The standard InChI is InChI=1S/C33H31ClN2O4/c1-33(2,3)40-32(38)36-18-20(17-34)30-26-15-9-8-14-25(26)28(16-29(30)36)35-31(37)39-19-27-23-12-6-4-10-21(23)22-11-5-7-13-24(22)27/h4-16,20,27H,17-19H2,1-3H3,(H,35,37)/t20-/m1/s1. The van der Waals surface area contributed by atoms with Gasteiger partial charge in [0, 0.05) is 29.6 Å². The fraction of sp³-hybridized carbons (Fsp3) is 0.273. The summed E-state index contributed by atoms with van der Waals surface area (Å²) >= 11 is 6.37. The number of carbonyl (C=O) groups excluding carboxylic acids is 2. The molecule has 4 aromatic rings. The van der Waals surface area contributed by atoms with E-state index in [1.807, 2.05) is 75.4 Å². The van der Waals surface area contributed by atoms with Gasteiger partial charge in [0.2, 0.25) is 0 Å². The van der Waals surface area contributed by atoms with E-state index in [9.17, 15) is 9.59 Å². The summed E-state index contributed by atoms with van der Waals surface area (Å²) in [4.78, 5) is 28.0. The lowest BCUT2D eigenvalue weighted by Crippen LogP contribution is -2.36. The monoisotopic (exact) mass is 554 g/mol. The molecule has 2 amide bonds. The quantitative estimate of drug-likeness (QED) is 0.258. The Labute approximate surface area is 238 Å². The molecule has 1 N–H and O–H groups in total. The Morgan fingerprint density at radius 1 is 0.925 bits per heavy atom. The summed E-state index contributed by atoms with van der Waals surface area (Å²) < 4.78 is 11.5. The summed E-state index contributed by atoms with van der Waals surface area (Å²) in [6, 6.07) is 26.1. The SMILES string of the molecule is CC(C)(C)OC(=O)N1C[C@@H](CCl)c2c1cc(NC(=O)OCC1c3ccccc3-c3ccccc31)c1ccccc21. The molecule has 0 saturated carbocycles. The number of fused-ring (bicyclic) bond motifs is 6. The van der Waals surface area contributed by atoms with E-state index in [-0.39, 0.29) is 18.4 Å². The molecule has 0 unspecified atom stereocenters. The third-order valence-electron chi connectivity index (χ3n) is 7.55. The highest BCUT2D eigenvalue weighted by Crippen LogP contribution is 2.46. The molecule has 2 aliphatic rings. The second-order valence-electron chi connectivity index (χ2n) is 11.3. The number of halogens is 1. The molecule has 204 valence electrons. The lowest BCUT2D eigenvalue weighted by molar-refractivity contribution is 0.0582. The van der Waals surface area contributed by atoms with E-state index < -0.39 is 17.8 Å². The predicted octanol–water partition coefficient (Wildman–Crippen LogP) is 8.28. The molecule has 40 heavy (non-hydrogen) atoms. The normalized spacial score (nSPS) is 15.9. The first-order valence-corrected chi connectivity index (χ1v) is 14.0. The molecule has 6 nitrogen and oxygen atoms in total. The van der Waals surface area contributed by atoms with Gasteiger partial charge in [-0.2, -0.15) is 0 Å². The minimum Gasteiger partial charge on any atom is -0.448 e. The van der Waals surface area contributed by atoms with Gasteiger partial charge in [0.05, 0.1) is 11.4 Å². The zero-order valence-electron chi connectivity index (χ0n) is 22.7. The number of hydrogen-bond acceptors (Lipinski definition) is 4. The van der Waals surface area contributed by atoms with Crippen LogP contribution in [0.5, 0.6) is 0 Å². The van der Waals surface area contributed by atoms with Crippen LogP contribution in [-0.4, -0.2) is 36.8 Å². The summed E-state index contributed by atoms with van der Waals surface area (Å²) in [6.45, 7) is 6.13. The summed E-state index contributed by atoms with van der Waals surface area (Å²) in [5.74, 6) is 0.259. The lowest BCUT2D eigenvalue weighted by atomic mass is 9.95. The van der Waals surface area contributed by atoms with Gasteiger partial charge in [0.15, 0.2) is 0 Å². The molecule has 6 rings (SSSR count). The number of amides is 2. The third kappa shape index (κ3) is 4.66. The molecule has 0 saturated heterocycles. The topological polar surface area (TPSA) is 67.9 Å². The first-order chi connectivity index (χ1) is 19.2. The zero-order valence-corrected chi connectivity index (χ0v) is 23.5. The molecule has 0 bridgehead atoms. The number of hydrogen-bond donors (Lipinski definition) is 1. The molecule has 0 radical (unpaired) electrons. The van der Waals surface area contributed by atoms with Crippen LogP contribution in [0.1, 0.15) is 49.3 Å². The highest BCUT2D eigenvalue weighted by Gasteiger charge is 2.37. The zero-order chi connectivity index (χ0) is 28.0. The van der Waals surface area contributed by atoms with Gasteiger partial charge in [-0.15, -0.1) is 11.6 Å². The minimum atomic E-state index is -0.643. The van der Waals surface area contributed by atoms with Crippen LogP contribution in [-0.2, 0) is 9.47 Å². The first kappa shape index (κ1) is 26.2. The largest absolute Gasteiger partial charge is 0.448 e. The van der Waals surface area contributed by atoms with Crippen LogP contribution in [0.4, 0.5) is 21.0 Å².